The maximum absolute atomic E-state index is 13.6. The van der Waals surface area contributed by atoms with Crippen LogP contribution in [-0.4, -0.2) is 66.2 Å². The molecule has 2 amide bonds. The van der Waals surface area contributed by atoms with Gasteiger partial charge in [0, 0.05) is 44.2 Å². The predicted molar refractivity (Wildman–Crippen MR) is 138 cm³/mol. The van der Waals surface area contributed by atoms with E-state index in [-0.39, 0.29) is 36.2 Å². The predicted octanol–water partition coefficient (Wildman–Crippen LogP) is 4.13. The number of hydrogen-bond donors (Lipinski definition) is 2. The number of benzene rings is 1. The van der Waals surface area contributed by atoms with Crippen molar-refractivity contribution in [2.75, 3.05) is 19.6 Å². The van der Waals surface area contributed by atoms with Crippen molar-refractivity contribution in [2.45, 2.75) is 44.8 Å². The molecule has 2 aliphatic heterocycles. The van der Waals surface area contributed by atoms with Crippen LogP contribution in [0.15, 0.2) is 43.1 Å². The molecule has 0 aliphatic carbocycles. The number of phenolic OH excluding ortho intramolecular Hbond substituents is 1. The standard InChI is InChI=1S/C28H28F3N5O4/c1-4-24(39)34-9-7-18-25-20(36(33-18)19-6-5-16(15(2)3)11-22(19)37)8-10-35(21(25)14-34)27(40)17-12-23(38)26(32-13-17)28(29,30)31/h4-6,11-13,15,21,37-38H,1,7-10,14H2,2-3H3/t21-/m1/s1. The van der Waals surface area contributed by atoms with E-state index in [0.717, 1.165) is 29.1 Å². The summed E-state index contributed by atoms with van der Waals surface area (Å²) in [6, 6.07) is 5.50. The van der Waals surface area contributed by atoms with Crippen LogP contribution in [-0.2, 0) is 23.8 Å². The van der Waals surface area contributed by atoms with Crippen LogP contribution in [0.4, 0.5) is 13.2 Å². The maximum atomic E-state index is 13.6. The largest absolute Gasteiger partial charge is 0.506 e. The lowest BCUT2D eigenvalue weighted by Crippen LogP contribution is -2.45. The lowest BCUT2D eigenvalue weighted by Gasteiger charge is -2.37. The minimum absolute atomic E-state index is 0.0601. The van der Waals surface area contributed by atoms with Crippen LogP contribution in [0.3, 0.4) is 0 Å². The van der Waals surface area contributed by atoms with Gasteiger partial charge in [0.1, 0.15) is 17.2 Å². The molecule has 9 nitrogen and oxygen atoms in total. The van der Waals surface area contributed by atoms with Gasteiger partial charge in [-0.15, -0.1) is 0 Å². The Morgan fingerprint density at radius 2 is 1.88 bits per heavy atom. The summed E-state index contributed by atoms with van der Waals surface area (Å²) in [4.78, 5) is 32.5. The summed E-state index contributed by atoms with van der Waals surface area (Å²) in [6.45, 7) is 8.18. The molecule has 2 N–H and O–H groups in total. The van der Waals surface area contributed by atoms with Crippen molar-refractivity contribution < 1.29 is 33.0 Å². The number of carbonyl (C=O) groups excluding carboxylic acids is 2. The first-order chi connectivity index (χ1) is 18.9. The Bertz CT molecular complexity index is 1510. The fraction of sp³-hybridized carbons (Fsp3) is 0.357. The molecular weight excluding hydrogens is 527 g/mol. The highest BCUT2D eigenvalue weighted by Crippen LogP contribution is 2.40. The molecule has 4 heterocycles. The van der Waals surface area contributed by atoms with E-state index in [9.17, 15) is 33.0 Å². The van der Waals surface area contributed by atoms with Crippen molar-refractivity contribution in [3.63, 3.8) is 0 Å². The first-order valence-electron chi connectivity index (χ1n) is 12.8. The lowest BCUT2D eigenvalue weighted by molar-refractivity contribution is -0.142. The Balaban J connectivity index is 1.58. The molecule has 0 saturated heterocycles. The average Bonchev–Trinajstić information content (AvgIpc) is 3.16. The van der Waals surface area contributed by atoms with E-state index in [0.29, 0.717) is 30.8 Å². The molecule has 1 aromatic carbocycles. The minimum atomic E-state index is -4.87. The SMILES string of the molecule is C=CC(=O)N1CCc2nn(-c3ccc(C(C)C)cc3O)c3c2[C@@H](C1)N(C(=O)c1cnc(C(F)(F)F)c(O)c1)CC3. The van der Waals surface area contributed by atoms with Gasteiger partial charge in [0.05, 0.1) is 23.0 Å². The van der Waals surface area contributed by atoms with E-state index in [2.05, 4.69) is 11.6 Å². The molecule has 12 heteroatoms. The number of phenols is 1. The van der Waals surface area contributed by atoms with Gasteiger partial charge in [-0.2, -0.15) is 18.3 Å². The third-order valence-electron chi connectivity index (χ3n) is 7.43. The van der Waals surface area contributed by atoms with Crippen molar-refractivity contribution in [2.24, 2.45) is 0 Å². The molecule has 0 radical (unpaired) electrons. The number of rotatable bonds is 4. The van der Waals surface area contributed by atoms with E-state index in [1.807, 2.05) is 19.9 Å². The quantitative estimate of drug-likeness (QED) is 0.469. The molecule has 210 valence electrons. The third kappa shape index (κ3) is 4.67. The summed E-state index contributed by atoms with van der Waals surface area (Å²) in [6.07, 6.45) is -2.17. The molecule has 0 fully saturated rings. The van der Waals surface area contributed by atoms with Gasteiger partial charge in [-0.1, -0.05) is 26.5 Å². The zero-order chi connectivity index (χ0) is 28.9. The van der Waals surface area contributed by atoms with E-state index in [4.69, 9.17) is 5.10 Å². The lowest BCUT2D eigenvalue weighted by atomic mass is 9.94. The monoisotopic (exact) mass is 555 g/mol. The van der Waals surface area contributed by atoms with Crippen LogP contribution < -0.4 is 0 Å². The Hall–Kier alpha value is -4.35. The summed E-state index contributed by atoms with van der Waals surface area (Å²) in [5, 5.41) is 25.6. The Morgan fingerprint density at radius 1 is 1.12 bits per heavy atom. The molecule has 40 heavy (non-hydrogen) atoms. The maximum Gasteiger partial charge on any atom is 0.437 e. The second-order valence-electron chi connectivity index (χ2n) is 10.2. The third-order valence-corrected chi connectivity index (χ3v) is 7.43. The van der Waals surface area contributed by atoms with Crippen molar-refractivity contribution in [1.29, 1.82) is 0 Å². The number of pyridine rings is 1. The molecule has 0 bridgehead atoms. The Labute approximate surface area is 228 Å². The number of aromatic nitrogens is 3. The Morgan fingerprint density at radius 3 is 2.50 bits per heavy atom. The number of alkyl halides is 3. The normalized spacial score (nSPS) is 17.0. The smallest absolute Gasteiger partial charge is 0.437 e. The van der Waals surface area contributed by atoms with Crippen molar-refractivity contribution in [3.8, 4) is 17.2 Å². The van der Waals surface area contributed by atoms with Crippen LogP contribution in [0.5, 0.6) is 11.5 Å². The topological polar surface area (TPSA) is 112 Å². The zero-order valence-corrected chi connectivity index (χ0v) is 21.9. The van der Waals surface area contributed by atoms with Gasteiger partial charge in [-0.05, 0) is 35.8 Å². The highest BCUT2D eigenvalue weighted by atomic mass is 19.4. The molecule has 5 rings (SSSR count). The van der Waals surface area contributed by atoms with Crippen molar-refractivity contribution in [1.82, 2.24) is 24.6 Å². The van der Waals surface area contributed by atoms with E-state index in [1.165, 1.54) is 11.0 Å². The van der Waals surface area contributed by atoms with Gasteiger partial charge in [0.15, 0.2) is 5.69 Å². The molecule has 0 spiro atoms. The first kappa shape index (κ1) is 27.2. The summed E-state index contributed by atoms with van der Waals surface area (Å²) in [5.74, 6) is -1.83. The van der Waals surface area contributed by atoms with Crippen LogP contribution >= 0.6 is 0 Å². The number of aromatic hydroxyl groups is 2. The summed E-state index contributed by atoms with van der Waals surface area (Å²) in [7, 11) is 0. The summed E-state index contributed by atoms with van der Waals surface area (Å²) in [5.41, 5.74) is 1.92. The molecule has 1 atom stereocenters. The fourth-order valence-corrected chi connectivity index (χ4v) is 5.40. The molecular formula is C28H28F3N5O4. The van der Waals surface area contributed by atoms with Crippen LogP contribution in [0.25, 0.3) is 5.69 Å². The number of halogens is 3. The van der Waals surface area contributed by atoms with Gasteiger partial charge < -0.3 is 20.0 Å². The van der Waals surface area contributed by atoms with Gasteiger partial charge >= 0.3 is 6.18 Å². The number of amides is 2. The minimum Gasteiger partial charge on any atom is -0.506 e. The molecule has 0 unspecified atom stereocenters. The van der Waals surface area contributed by atoms with Crippen molar-refractivity contribution in [3.05, 3.63) is 76.9 Å². The molecule has 3 aromatic rings. The fourth-order valence-electron chi connectivity index (χ4n) is 5.40. The summed E-state index contributed by atoms with van der Waals surface area (Å²) < 4.78 is 41.0. The molecule has 2 aromatic heterocycles. The number of hydrogen-bond acceptors (Lipinski definition) is 6. The second-order valence-corrected chi connectivity index (χ2v) is 10.2. The van der Waals surface area contributed by atoms with Crippen LogP contribution in [0.2, 0.25) is 0 Å². The average molecular weight is 556 g/mol. The molecule has 2 aliphatic rings. The van der Waals surface area contributed by atoms with Gasteiger partial charge in [-0.25, -0.2) is 9.67 Å². The van der Waals surface area contributed by atoms with Gasteiger partial charge in [0.25, 0.3) is 5.91 Å². The molecule has 0 saturated carbocycles. The van der Waals surface area contributed by atoms with E-state index >= 15 is 0 Å². The van der Waals surface area contributed by atoms with Crippen molar-refractivity contribution >= 4 is 11.8 Å². The van der Waals surface area contributed by atoms with Gasteiger partial charge in [0.2, 0.25) is 5.91 Å². The van der Waals surface area contributed by atoms with Gasteiger partial charge in [-0.3, -0.25) is 9.59 Å². The second kappa shape index (κ2) is 10.00. The van der Waals surface area contributed by atoms with Crippen LogP contribution in [0.1, 0.15) is 64.4 Å². The highest BCUT2D eigenvalue weighted by Gasteiger charge is 2.41. The van der Waals surface area contributed by atoms with E-state index in [1.54, 1.807) is 21.7 Å². The zero-order valence-electron chi connectivity index (χ0n) is 21.9. The Kier molecular flexibility index (Phi) is 6.80. The summed E-state index contributed by atoms with van der Waals surface area (Å²) >= 11 is 0. The first-order valence-corrected chi connectivity index (χ1v) is 12.8. The highest BCUT2D eigenvalue weighted by molar-refractivity contribution is 5.95. The van der Waals surface area contributed by atoms with Crippen LogP contribution in [0, 0.1) is 0 Å². The number of carbonyl (C=O) groups is 2. The number of nitrogens with zero attached hydrogens (tertiary/aromatic N) is 5. The van der Waals surface area contributed by atoms with E-state index < -0.39 is 29.6 Å².